The molecule has 17 heavy (non-hydrogen) atoms. The van der Waals surface area contributed by atoms with Gasteiger partial charge in [-0.15, -0.1) is 5.43 Å². The van der Waals surface area contributed by atoms with E-state index in [0.717, 1.165) is 5.56 Å². The number of hydrazine groups is 1. The predicted octanol–water partition coefficient (Wildman–Crippen LogP) is 0.942. The van der Waals surface area contributed by atoms with Gasteiger partial charge in [0.05, 0.1) is 6.61 Å². The maximum atomic E-state index is 11.5. The zero-order chi connectivity index (χ0) is 12.7. The number of ether oxygens (including phenoxy) is 1. The van der Waals surface area contributed by atoms with Crippen molar-refractivity contribution in [3.63, 3.8) is 0 Å². The summed E-state index contributed by atoms with van der Waals surface area (Å²) in [5, 5.41) is 9.66. The van der Waals surface area contributed by atoms with Crippen LogP contribution in [0.3, 0.4) is 0 Å². The Morgan fingerprint density at radius 3 is 2.65 bits per heavy atom. The van der Waals surface area contributed by atoms with Crippen molar-refractivity contribution in [2.75, 3.05) is 6.61 Å². The van der Waals surface area contributed by atoms with Crippen LogP contribution in [0.5, 0.6) is 0 Å². The fraction of sp³-hybridized carbons (Fsp3) is 0.364. The molecule has 0 fully saturated rings. The van der Waals surface area contributed by atoms with Crippen molar-refractivity contribution in [3.05, 3.63) is 46.0 Å². The second-order valence-electron chi connectivity index (χ2n) is 3.38. The fourth-order valence-electron chi connectivity index (χ4n) is 1.40. The number of nitrogens with zero attached hydrogens (tertiary/aromatic N) is 1. The van der Waals surface area contributed by atoms with E-state index in [9.17, 15) is 14.9 Å². The van der Waals surface area contributed by atoms with Gasteiger partial charge in [-0.3, -0.25) is 0 Å². The Kier molecular flexibility index (Phi) is 4.93. The van der Waals surface area contributed by atoms with Crippen molar-refractivity contribution >= 4 is 5.97 Å². The van der Waals surface area contributed by atoms with E-state index in [2.05, 4.69) is 0 Å². The van der Waals surface area contributed by atoms with E-state index in [1.165, 1.54) is 0 Å². The highest BCUT2D eigenvalue weighted by molar-refractivity contribution is 5.76. The maximum Gasteiger partial charge on any atom is 0.334 e. The molecule has 6 nitrogen and oxygen atoms in total. The van der Waals surface area contributed by atoms with E-state index < -0.39 is 17.0 Å². The first-order valence-corrected chi connectivity index (χ1v) is 5.24. The van der Waals surface area contributed by atoms with Crippen LogP contribution in [0.25, 0.3) is 0 Å². The first-order chi connectivity index (χ1) is 8.13. The monoisotopic (exact) mass is 238 g/mol. The van der Waals surface area contributed by atoms with E-state index >= 15 is 0 Å². The van der Waals surface area contributed by atoms with Gasteiger partial charge in [-0.1, -0.05) is 30.3 Å². The lowest BCUT2D eigenvalue weighted by molar-refractivity contribution is -0.548. The summed E-state index contributed by atoms with van der Waals surface area (Å²) >= 11 is 0. The number of carbonyl (C=O) groups is 1. The van der Waals surface area contributed by atoms with E-state index in [-0.39, 0.29) is 13.0 Å². The first-order valence-electron chi connectivity index (χ1n) is 5.24. The van der Waals surface area contributed by atoms with Crippen LogP contribution in [0.2, 0.25) is 0 Å². The normalized spacial score (nSPS) is 11.6. The Labute approximate surface area is 98.7 Å². The summed E-state index contributed by atoms with van der Waals surface area (Å²) in [6.45, 7) is 1.85. The van der Waals surface area contributed by atoms with Gasteiger partial charge in [0.15, 0.2) is 11.1 Å². The third kappa shape index (κ3) is 4.50. The minimum Gasteiger partial charge on any atom is -0.464 e. The number of hydrogen-bond acceptors (Lipinski definition) is 4. The van der Waals surface area contributed by atoms with Crippen LogP contribution in [0.15, 0.2) is 30.3 Å². The van der Waals surface area contributed by atoms with Gasteiger partial charge in [0.25, 0.3) is 0 Å². The lowest BCUT2D eigenvalue weighted by Crippen LogP contribution is -2.43. The van der Waals surface area contributed by atoms with E-state index in [1.54, 1.807) is 19.1 Å². The molecule has 0 saturated heterocycles. The van der Waals surface area contributed by atoms with Crippen molar-refractivity contribution in [3.8, 4) is 0 Å². The third-order valence-corrected chi connectivity index (χ3v) is 2.12. The summed E-state index contributed by atoms with van der Waals surface area (Å²) in [6, 6.07) is 8.09. The summed E-state index contributed by atoms with van der Waals surface area (Å²) in [6.07, 6.45) is 0.223. The number of esters is 1. The summed E-state index contributed by atoms with van der Waals surface area (Å²) < 4.78 is 4.77. The van der Waals surface area contributed by atoms with Crippen LogP contribution in [0.4, 0.5) is 0 Å². The zero-order valence-corrected chi connectivity index (χ0v) is 9.46. The van der Waals surface area contributed by atoms with Crippen LogP contribution >= 0.6 is 0 Å². The molecule has 0 aliphatic heterocycles. The third-order valence-electron chi connectivity index (χ3n) is 2.12. The molecule has 0 aliphatic carbocycles. The van der Waals surface area contributed by atoms with E-state index in [4.69, 9.17) is 4.74 Å². The van der Waals surface area contributed by atoms with Crippen molar-refractivity contribution in [1.82, 2.24) is 5.43 Å². The number of rotatable bonds is 6. The molecule has 0 aromatic heterocycles. The van der Waals surface area contributed by atoms with Gasteiger partial charge in [0.1, 0.15) is 0 Å². The fourth-order valence-corrected chi connectivity index (χ4v) is 1.40. The maximum absolute atomic E-state index is 11.5. The molecule has 0 spiro atoms. The lowest BCUT2D eigenvalue weighted by atomic mass is 10.1. The van der Waals surface area contributed by atoms with E-state index in [1.807, 2.05) is 23.6 Å². The number of nitro groups is 1. The van der Waals surface area contributed by atoms with Crippen molar-refractivity contribution in [1.29, 1.82) is 0 Å². The lowest BCUT2D eigenvalue weighted by Gasteiger charge is -2.12. The SMILES string of the molecule is CCOC(=O)[C@H](Cc1ccccc1)N[N+](=O)[O-]. The minimum absolute atomic E-state index is 0.198. The summed E-state index contributed by atoms with van der Waals surface area (Å²) in [5.74, 6) is -0.618. The molecule has 0 aliphatic rings. The van der Waals surface area contributed by atoms with Crippen LogP contribution < -0.4 is 5.43 Å². The highest BCUT2D eigenvalue weighted by Gasteiger charge is 2.24. The van der Waals surface area contributed by atoms with Crippen LogP contribution in [0.1, 0.15) is 12.5 Å². The quantitative estimate of drug-likeness (QED) is 0.453. The van der Waals surface area contributed by atoms with Gasteiger partial charge in [-0.2, -0.15) is 0 Å². The van der Waals surface area contributed by atoms with Gasteiger partial charge in [0, 0.05) is 6.42 Å². The molecule has 0 amide bonds. The molecule has 0 unspecified atom stereocenters. The Bertz CT molecular complexity index is 380. The molecular formula is C11H14N2O4. The highest BCUT2D eigenvalue weighted by atomic mass is 16.7. The van der Waals surface area contributed by atoms with Gasteiger partial charge >= 0.3 is 5.97 Å². The van der Waals surface area contributed by atoms with Gasteiger partial charge < -0.3 is 4.74 Å². The molecule has 0 bridgehead atoms. The molecule has 92 valence electrons. The highest BCUT2D eigenvalue weighted by Crippen LogP contribution is 2.04. The van der Waals surface area contributed by atoms with Gasteiger partial charge in [-0.25, -0.2) is 14.9 Å². The largest absolute Gasteiger partial charge is 0.464 e. The van der Waals surface area contributed by atoms with E-state index in [0.29, 0.717) is 0 Å². The molecular weight excluding hydrogens is 224 g/mol. The molecule has 0 saturated carbocycles. The molecule has 1 rings (SSSR count). The Morgan fingerprint density at radius 1 is 1.47 bits per heavy atom. The van der Waals surface area contributed by atoms with Crippen molar-refractivity contribution in [2.45, 2.75) is 19.4 Å². The van der Waals surface area contributed by atoms with Crippen LogP contribution in [0, 0.1) is 10.1 Å². The molecule has 1 N–H and O–H groups in total. The number of hydrogen-bond donors (Lipinski definition) is 1. The summed E-state index contributed by atoms with van der Waals surface area (Å²) in [7, 11) is 0. The first kappa shape index (κ1) is 13.0. The standard InChI is InChI=1S/C11H14N2O4/c1-2-17-11(14)10(12-13(15)16)8-9-6-4-3-5-7-9/h3-7,10,12H,2,8H2,1H3/t10-/m0/s1. The topological polar surface area (TPSA) is 81.5 Å². The van der Waals surface area contributed by atoms with Gasteiger partial charge in [0.2, 0.25) is 0 Å². The van der Waals surface area contributed by atoms with Crippen molar-refractivity contribution in [2.24, 2.45) is 0 Å². The second kappa shape index (κ2) is 6.47. The average Bonchev–Trinajstić information content (AvgIpc) is 2.29. The number of benzene rings is 1. The molecule has 0 radical (unpaired) electrons. The molecule has 6 heteroatoms. The zero-order valence-electron chi connectivity index (χ0n) is 9.46. The molecule has 1 aromatic rings. The number of carbonyl (C=O) groups excluding carboxylic acids is 1. The smallest absolute Gasteiger partial charge is 0.334 e. The summed E-state index contributed by atoms with van der Waals surface area (Å²) in [5.41, 5.74) is 2.79. The second-order valence-corrected chi connectivity index (χ2v) is 3.38. The predicted molar refractivity (Wildman–Crippen MR) is 60.7 cm³/mol. The molecule has 1 atom stereocenters. The van der Waals surface area contributed by atoms with Crippen LogP contribution in [-0.2, 0) is 16.0 Å². The molecule has 0 heterocycles. The minimum atomic E-state index is -0.965. The summed E-state index contributed by atoms with van der Waals surface area (Å²) in [4.78, 5) is 21.9. The number of nitrogens with one attached hydrogen (secondary N) is 1. The van der Waals surface area contributed by atoms with Gasteiger partial charge in [-0.05, 0) is 12.5 Å². The van der Waals surface area contributed by atoms with Crippen molar-refractivity contribution < 1.29 is 14.6 Å². The Hall–Kier alpha value is -2.11. The molecule has 1 aromatic carbocycles. The van der Waals surface area contributed by atoms with Crippen LogP contribution in [-0.4, -0.2) is 23.7 Å². The Morgan fingerprint density at radius 2 is 2.12 bits per heavy atom. The average molecular weight is 238 g/mol. The Balaban J connectivity index is 2.70.